The van der Waals surface area contributed by atoms with Crippen molar-refractivity contribution in [3.8, 4) is 5.69 Å². The van der Waals surface area contributed by atoms with Crippen molar-refractivity contribution in [2.24, 2.45) is 5.41 Å². The van der Waals surface area contributed by atoms with Gasteiger partial charge in [0, 0.05) is 5.56 Å². The minimum atomic E-state index is -0.0652. The van der Waals surface area contributed by atoms with E-state index in [2.05, 4.69) is 24.3 Å². The number of rotatable bonds is 5. The smallest absolute Gasteiger partial charge is 0.224 e. The molecular weight excluding hydrogens is 382 g/mol. The third kappa shape index (κ3) is 4.17. The van der Waals surface area contributed by atoms with E-state index in [1.54, 1.807) is 6.92 Å². The zero-order valence-corrected chi connectivity index (χ0v) is 17.8. The van der Waals surface area contributed by atoms with E-state index in [0.29, 0.717) is 4.88 Å². The van der Waals surface area contributed by atoms with Crippen LogP contribution in [0.4, 0.5) is 0 Å². The number of hydrogen-bond acceptors (Lipinski definition) is 4. The van der Waals surface area contributed by atoms with Gasteiger partial charge in [0.15, 0.2) is 5.78 Å². The Bertz CT molecular complexity index is 1050. The zero-order chi connectivity index (χ0) is 20.6. The predicted octanol–water partition coefficient (Wildman–Crippen LogP) is 4.51. The van der Waals surface area contributed by atoms with E-state index in [9.17, 15) is 9.59 Å². The summed E-state index contributed by atoms with van der Waals surface area (Å²) in [5, 5.41) is 9.73. The number of thiophene rings is 1. The normalized spacial score (nSPS) is 17.6. The largest absolute Gasteiger partial charge is 0.349 e. The van der Waals surface area contributed by atoms with Gasteiger partial charge in [-0.1, -0.05) is 32.0 Å². The van der Waals surface area contributed by atoms with Crippen LogP contribution in [0.3, 0.4) is 0 Å². The van der Waals surface area contributed by atoms with E-state index < -0.39 is 0 Å². The number of aromatic nitrogens is 2. The van der Waals surface area contributed by atoms with Gasteiger partial charge in [-0.25, -0.2) is 4.68 Å². The van der Waals surface area contributed by atoms with Crippen molar-refractivity contribution in [1.82, 2.24) is 15.1 Å². The fraction of sp³-hybridized carbons (Fsp3) is 0.348. The van der Waals surface area contributed by atoms with Crippen LogP contribution in [0.1, 0.15) is 59.7 Å². The maximum atomic E-state index is 12.7. The lowest BCUT2D eigenvalue weighted by Crippen LogP contribution is -2.37. The molecule has 0 aliphatic heterocycles. The van der Waals surface area contributed by atoms with Crippen molar-refractivity contribution < 1.29 is 9.59 Å². The fourth-order valence-electron chi connectivity index (χ4n) is 4.05. The minimum absolute atomic E-state index is 0.0287. The van der Waals surface area contributed by atoms with Crippen molar-refractivity contribution in [2.45, 2.75) is 46.1 Å². The first kappa shape index (κ1) is 19.6. The highest BCUT2D eigenvalue weighted by Gasteiger charge is 2.36. The SMILES string of the molecule is CC(=O)c1cc(CC(=O)N[C@@H]2CC(C)(C)Cc3c2cnn3-c2ccccc2)cs1. The molecule has 1 amide bonds. The summed E-state index contributed by atoms with van der Waals surface area (Å²) in [5.74, 6) is 0.00710. The summed E-state index contributed by atoms with van der Waals surface area (Å²) in [6.45, 7) is 6.01. The van der Waals surface area contributed by atoms with E-state index in [1.807, 2.05) is 52.7 Å². The van der Waals surface area contributed by atoms with Gasteiger partial charge in [0.1, 0.15) is 0 Å². The summed E-state index contributed by atoms with van der Waals surface area (Å²) in [4.78, 5) is 24.9. The van der Waals surface area contributed by atoms with Gasteiger partial charge in [-0.2, -0.15) is 5.10 Å². The lowest BCUT2D eigenvalue weighted by molar-refractivity contribution is -0.121. The molecule has 1 aromatic carbocycles. The fourth-order valence-corrected chi connectivity index (χ4v) is 4.86. The summed E-state index contributed by atoms with van der Waals surface area (Å²) in [5.41, 5.74) is 4.23. The summed E-state index contributed by atoms with van der Waals surface area (Å²) < 4.78 is 1.99. The van der Waals surface area contributed by atoms with E-state index >= 15 is 0 Å². The number of Topliss-reactive ketones (excluding diaryl/α,β-unsaturated/α-hetero) is 1. The number of carbonyl (C=O) groups is 2. The highest BCUT2D eigenvalue weighted by molar-refractivity contribution is 7.12. The molecule has 2 heterocycles. The number of benzene rings is 1. The Hall–Kier alpha value is -2.73. The Balaban J connectivity index is 1.56. The minimum Gasteiger partial charge on any atom is -0.349 e. The van der Waals surface area contributed by atoms with Crippen LogP contribution < -0.4 is 5.32 Å². The van der Waals surface area contributed by atoms with Crippen LogP contribution in [0.5, 0.6) is 0 Å². The maximum absolute atomic E-state index is 12.7. The number of nitrogens with zero attached hydrogens (tertiary/aromatic N) is 2. The highest BCUT2D eigenvalue weighted by Crippen LogP contribution is 2.41. The summed E-state index contributed by atoms with van der Waals surface area (Å²) in [7, 11) is 0. The summed E-state index contributed by atoms with van der Waals surface area (Å²) >= 11 is 1.39. The van der Waals surface area contributed by atoms with Crippen molar-refractivity contribution >= 4 is 23.0 Å². The van der Waals surface area contributed by atoms with Crippen LogP contribution in [0.2, 0.25) is 0 Å². The van der Waals surface area contributed by atoms with Gasteiger partial charge >= 0.3 is 0 Å². The van der Waals surface area contributed by atoms with Crippen molar-refractivity contribution in [1.29, 1.82) is 0 Å². The summed E-state index contributed by atoms with van der Waals surface area (Å²) in [6.07, 6.45) is 3.95. The van der Waals surface area contributed by atoms with Gasteiger partial charge in [-0.15, -0.1) is 11.3 Å². The number of hydrogen-bond donors (Lipinski definition) is 1. The predicted molar refractivity (Wildman–Crippen MR) is 115 cm³/mol. The average Bonchev–Trinajstić information content (AvgIpc) is 3.28. The number of nitrogens with one attached hydrogen (secondary N) is 1. The molecule has 0 fully saturated rings. The maximum Gasteiger partial charge on any atom is 0.224 e. The van der Waals surface area contributed by atoms with Gasteiger partial charge < -0.3 is 5.32 Å². The van der Waals surface area contributed by atoms with Crippen molar-refractivity contribution in [2.75, 3.05) is 0 Å². The Labute approximate surface area is 174 Å². The number of amides is 1. The standard InChI is InChI=1S/C23H25N3O2S/c1-15(27)21-9-16(14-29-21)10-22(28)25-19-11-23(2,3)12-20-18(19)13-24-26(20)17-7-5-4-6-8-17/h4-9,13-14,19H,10-12H2,1-3H3,(H,25,28)/t19-/m1/s1. The number of ketones is 1. The first-order valence-electron chi connectivity index (χ1n) is 9.82. The van der Waals surface area contributed by atoms with Gasteiger partial charge in [-0.05, 0) is 54.3 Å². The van der Waals surface area contributed by atoms with Crippen molar-refractivity contribution in [3.05, 3.63) is 69.7 Å². The van der Waals surface area contributed by atoms with Crippen LogP contribution in [-0.2, 0) is 17.6 Å². The van der Waals surface area contributed by atoms with Gasteiger partial charge in [-0.3, -0.25) is 9.59 Å². The molecule has 1 aliphatic carbocycles. The van der Waals surface area contributed by atoms with E-state index in [1.165, 1.54) is 11.3 Å². The van der Waals surface area contributed by atoms with Gasteiger partial charge in [0.2, 0.25) is 5.91 Å². The lowest BCUT2D eigenvalue weighted by Gasteiger charge is -2.36. The second-order valence-corrected chi connectivity index (χ2v) is 9.42. The lowest BCUT2D eigenvalue weighted by atomic mass is 9.74. The van der Waals surface area contributed by atoms with Crippen LogP contribution in [-0.4, -0.2) is 21.5 Å². The Morgan fingerprint density at radius 1 is 1.28 bits per heavy atom. The van der Waals surface area contributed by atoms with Crippen LogP contribution >= 0.6 is 11.3 Å². The first-order chi connectivity index (χ1) is 13.8. The molecule has 0 saturated carbocycles. The molecule has 0 unspecified atom stereocenters. The third-order valence-electron chi connectivity index (χ3n) is 5.38. The van der Waals surface area contributed by atoms with Crippen LogP contribution in [0, 0.1) is 5.41 Å². The zero-order valence-electron chi connectivity index (χ0n) is 16.9. The number of para-hydroxylation sites is 1. The second-order valence-electron chi connectivity index (χ2n) is 8.51. The summed E-state index contributed by atoms with van der Waals surface area (Å²) in [6, 6.07) is 11.9. The molecule has 4 rings (SSSR count). The molecule has 0 bridgehead atoms. The molecule has 2 aromatic heterocycles. The highest BCUT2D eigenvalue weighted by atomic mass is 32.1. The Morgan fingerprint density at radius 3 is 2.72 bits per heavy atom. The topological polar surface area (TPSA) is 64.0 Å². The van der Waals surface area contributed by atoms with E-state index in [-0.39, 0.29) is 29.6 Å². The molecule has 0 radical (unpaired) electrons. The average molecular weight is 408 g/mol. The van der Waals surface area contributed by atoms with E-state index in [4.69, 9.17) is 0 Å². The molecule has 150 valence electrons. The molecule has 5 nitrogen and oxygen atoms in total. The molecule has 1 aliphatic rings. The van der Waals surface area contributed by atoms with E-state index in [0.717, 1.165) is 35.3 Å². The Kier molecular flexibility index (Phi) is 5.13. The molecule has 1 N–H and O–H groups in total. The number of carbonyl (C=O) groups excluding carboxylic acids is 2. The quantitative estimate of drug-likeness (QED) is 0.633. The van der Waals surface area contributed by atoms with Gasteiger partial charge in [0.05, 0.1) is 34.9 Å². The molecule has 29 heavy (non-hydrogen) atoms. The molecule has 3 aromatic rings. The first-order valence-corrected chi connectivity index (χ1v) is 10.7. The monoisotopic (exact) mass is 407 g/mol. The third-order valence-corrected chi connectivity index (χ3v) is 6.46. The molecular formula is C23H25N3O2S. The molecule has 1 atom stereocenters. The molecule has 0 saturated heterocycles. The number of fused-ring (bicyclic) bond motifs is 1. The second kappa shape index (κ2) is 7.59. The Morgan fingerprint density at radius 2 is 2.03 bits per heavy atom. The van der Waals surface area contributed by atoms with Gasteiger partial charge in [0.25, 0.3) is 0 Å². The van der Waals surface area contributed by atoms with Crippen molar-refractivity contribution in [3.63, 3.8) is 0 Å². The molecule has 0 spiro atoms. The van der Waals surface area contributed by atoms with Crippen LogP contribution in [0.15, 0.2) is 48.0 Å². The van der Waals surface area contributed by atoms with Crippen LogP contribution in [0.25, 0.3) is 5.69 Å². The molecule has 6 heteroatoms.